The number of fused-ring (bicyclic) bond motifs is 1. The quantitative estimate of drug-likeness (QED) is 0.909. The van der Waals surface area contributed by atoms with Crippen LogP contribution in [0.15, 0.2) is 36.4 Å². The number of hydrogen-bond donors (Lipinski definition) is 1. The van der Waals surface area contributed by atoms with Gasteiger partial charge >= 0.3 is 0 Å². The molecule has 0 saturated heterocycles. The molecule has 1 aliphatic heterocycles. The fourth-order valence-electron chi connectivity index (χ4n) is 2.89. The van der Waals surface area contributed by atoms with Gasteiger partial charge in [0.2, 0.25) is 5.91 Å². The Balaban J connectivity index is 2.11. The minimum absolute atomic E-state index is 0.0681. The first-order chi connectivity index (χ1) is 10.1. The highest BCUT2D eigenvalue weighted by Gasteiger charge is 2.27. The van der Waals surface area contributed by atoms with E-state index in [1.54, 1.807) is 7.11 Å². The third-order valence-electron chi connectivity index (χ3n) is 4.20. The summed E-state index contributed by atoms with van der Waals surface area (Å²) in [6.45, 7) is 4.17. The average molecular weight is 281 g/mol. The lowest BCUT2D eigenvalue weighted by atomic mass is 9.83. The lowest BCUT2D eigenvalue weighted by molar-refractivity contribution is -0.116. The van der Waals surface area contributed by atoms with Gasteiger partial charge in [0.1, 0.15) is 5.75 Å². The molecule has 1 heterocycles. The highest BCUT2D eigenvalue weighted by molar-refractivity contribution is 5.95. The number of nitrogens with one attached hydrogen (secondary N) is 1. The van der Waals surface area contributed by atoms with Crippen LogP contribution in [0.4, 0.5) is 5.69 Å². The topological polar surface area (TPSA) is 38.3 Å². The van der Waals surface area contributed by atoms with Crippen LogP contribution in [0.25, 0.3) is 0 Å². The number of hydrogen-bond acceptors (Lipinski definition) is 2. The first-order valence-corrected chi connectivity index (χ1v) is 7.13. The molecule has 3 rings (SSSR count). The van der Waals surface area contributed by atoms with Crippen molar-refractivity contribution in [3.05, 3.63) is 58.7 Å². The molecule has 3 nitrogen and oxygen atoms in total. The molecule has 0 fully saturated rings. The molecule has 1 N–H and O–H groups in total. The molecule has 21 heavy (non-hydrogen) atoms. The number of anilines is 1. The Morgan fingerprint density at radius 3 is 2.67 bits per heavy atom. The summed E-state index contributed by atoms with van der Waals surface area (Å²) in [6.07, 6.45) is 0.475. The molecule has 0 saturated carbocycles. The summed E-state index contributed by atoms with van der Waals surface area (Å²) in [4.78, 5) is 12.0. The molecule has 3 heteroatoms. The van der Waals surface area contributed by atoms with Gasteiger partial charge in [0.05, 0.1) is 7.11 Å². The zero-order valence-corrected chi connectivity index (χ0v) is 12.6. The Kier molecular flexibility index (Phi) is 3.42. The minimum Gasteiger partial charge on any atom is -0.497 e. The Morgan fingerprint density at radius 1 is 1.14 bits per heavy atom. The molecule has 0 aromatic heterocycles. The Labute approximate surface area is 124 Å². The van der Waals surface area contributed by atoms with E-state index in [0.717, 1.165) is 17.0 Å². The first-order valence-electron chi connectivity index (χ1n) is 7.13. The predicted molar refractivity (Wildman–Crippen MR) is 84.0 cm³/mol. The summed E-state index contributed by atoms with van der Waals surface area (Å²) in [6, 6.07) is 12.2. The maximum Gasteiger partial charge on any atom is 0.225 e. The smallest absolute Gasteiger partial charge is 0.225 e. The fourth-order valence-corrected chi connectivity index (χ4v) is 2.89. The molecular formula is C18H19NO2. The maximum absolute atomic E-state index is 12.0. The molecule has 0 aliphatic carbocycles. The number of carbonyl (C=O) groups excluding carboxylic acids is 1. The maximum atomic E-state index is 12.0. The van der Waals surface area contributed by atoms with Crippen molar-refractivity contribution < 1.29 is 9.53 Å². The normalized spacial score (nSPS) is 17.1. The van der Waals surface area contributed by atoms with E-state index >= 15 is 0 Å². The molecule has 2 aromatic carbocycles. The predicted octanol–water partition coefficient (Wildman–Crippen LogP) is 3.79. The van der Waals surface area contributed by atoms with Crippen molar-refractivity contribution >= 4 is 11.6 Å². The molecule has 108 valence electrons. The molecule has 0 radical (unpaired) electrons. The van der Waals surface area contributed by atoms with Crippen molar-refractivity contribution in [2.24, 2.45) is 0 Å². The lowest BCUT2D eigenvalue weighted by Gasteiger charge is -2.27. The number of amides is 1. The van der Waals surface area contributed by atoms with Crippen molar-refractivity contribution in [1.29, 1.82) is 0 Å². The highest BCUT2D eigenvalue weighted by Crippen LogP contribution is 2.39. The number of aryl methyl sites for hydroxylation is 2. The number of carbonyl (C=O) groups is 1. The highest BCUT2D eigenvalue weighted by atomic mass is 16.5. The molecular weight excluding hydrogens is 262 g/mol. The van der Waals surface area contributed by atoms with E-state index < -0.39 is 0 Å². The SMILES string of the molecule is COc1cccc([C@@H]2CC(=O)Nc3cc(C)c(C)cc32)c1. The molecule has 0 spiro atoms. The van der Waals surface area contributed by atoms with Crippen molar-refractivity contribution in [3.8, 4) is 5.75 Å². The van der Waals surface area contributed by atoms with Crippen LogP contribution >= 0.6 is 0 Å². The average Bonchev–Trinajstić information content (AvgIpc) is 2.48. The lowest BCUT2D eigenvalue weighted by Crippen LogP contribution is -2.23. The van der Waals surface area contributed by atoms with Crippen LogP contribution in [0.1, 0.15) is 34.6 Å². The van der Waals surface area contributed by atoms with E-state index in [2.05, 4.69) is 37.4 Å². The second-order valence-corrected chi connectivity index (χ2v) is 5.61. The van der Waals surface area contributed by atoms with Gasteiger partial charge in [-0.05, 0) is 54.3 Å². The van der Waals surface area contributed by atoms with Gasteiger partial charge in [0.25, 0.3) is 0 Å². The zero-order chi connectivity index (χ0) is 15.0. The molecule has 1 atom stereocenters. The molecule has 2 aromatic rings. The monoisotopic (exact) mass is 281 g/mol. The third kappa shape index (κ3) is 2.51. The van der Waals surface area contributed by atoms with E-state index in [1.807, 2.05) is 18.2 Å². The molecule has 0 bridgehead atoms. The standard InChI is InChI=1S/C18H19NO2/c1-11-7-16-15(13-5-4-6-14(9-13)21-3)10-18(20)19-17(16)8-12(11)2/h4-9,15H,10H2,1-3H3,(H,19,20)/t15-/m0/s1. The van der Waals surface area contributed by atoms with Gasteiger partial charge in [0.15, 0.2) is 0 Å². The largest absolute Gasteiger partial charge is 0.497 e. The van der Waals surface area contributed by atoms with E-state index in [4.69, 9.17) is 4.74 Å². The number of benzene rings is 2. The van der Waals surface area contributed by atoms with Crippen molar-refractivity contribution in [2.45, 2.75) is 26.2 Å². The summed E-state index contributed by atoms with van der Waals surface area (Å²) in [5.74, 6) is 0.977. The van der Waals surface area contributed by atoms with Gasteiger partial charge in [-0.25, -0.2) is 0 Å². The molecule has 1 amide bonds. The third-order valence-corrected chi connectivity index (χ3v) is 4.20. The van der Waals surface area contributed by atoms with Crippen LogP contribution in [0.3, 0.4) is 0 Å². The Bertz CT molecular complexity index is 706. The van der Waals surface area contributed by atoms with Crippen LogP contribution < -0.4 is 10.1 Å². The van der Waals surface area contributed by atoms with Crippen molar-refractivity contribution in [1.82, 2.24) is 0 Å². The van der Waals surface area contributed by atoms with E-state index in [1.165, 1.54) is 16.7 Å². The van der Waals surface area contributed by atoms with Gasteiger partial charge < -0.3 is 10.1 Å². The second-order valence-electron chi connectivity index (χ2n) is 5.61. The summed E-state index contributed by atoms with van der Waals surface area (Å²) < 4.78 is 5.30. The minimum atomic E-state index is 0.0681. The number of ether oxygens (including phenoxy) is 1. The molecule has 1 aliphatic rings. The van der Waals surface area contributed by atoms with Gasteiger partial charge in [-0.2, -0.15) is 0 Å². The Hall–Kier alpha value is -2.29. The first kappa shape index (κ1) is 13.7. The fraction of sp³-hybridized carbons (Fsp3) is 0.278. The summed E-state index contributed by atoms with van der Waals surface area (Å²) in [7, 11) is 1.66. The van der Waals surface area contributed by atoms with Gasteiger partial charge in [-0.15, -0.1) is 0 Å². The Morgan fingerprint density at radius 2 is 1.90 bits per heavy atom. The van der Waals surface area contributed by atoms with Crippen LogP contribution in [0.2, 0.25) is 0 Å². The second kappa shape index (κ2) is 5.24. The summed E-state index contributed by atoms with van der Waals surface area (Å²) >= 11 is 0. The van der Waals surface area contributed by atoms with E-state index in [9.17, 15) is 4.79 Å². The van der Waals surface area contributed by atoms with Crippen LogP contribution in [-0.4, -0.2) is 13.0 Å². The van der Waals surface area contributed by atoms with Gasteiger partial charge in [0, 0.05) is 18.0 Å². The van der Waals surface area contributed by atoms with Crippen LogP contribution in [0, 0.1) is 13.8 Å². The number of rotatable bonds is 2. The van der Waals surface area contributed by atoms with Gasteiger partial charge in [-0.1, -0.05) is 18.2 Å². The van der Waals surface area contributed by atoms with Crippen molar-refractivity contribution in [2.75, 3.05) is 12.4 Å². The molecule has 0 unspecified atom stereocenters. The zero-order valence-electron chi connectivity index (χ0n) is 12.6. The van der Waals surface area contributed by atoms with E-state index in [-0.39, 0.29) is 11.8 Å². The van der Waals surface area contributed by atoms with Crippen LogP contribution in [0.5, 0.6) is 5.75 Å². The van der Waals surface area contributed by atoms with Gasteiger partial charge in [-0.3, -0.25) is 4.79 Å². The van der Waals surface area contributed by atoms with Crippen molar-refractivity contribution in [3.63, 3.8) is 0 Å². The van der Waals surface area contributed by atoms with E-state index in [0.29, 0.717) is 6.42 Å². The summed E-state index contributed by atoms with van der Waals surface area (Å²) in [5, 5.41) is 2.99. The summed E-state index contributed by atoms with van der Waals surface area (Å²) in [5.41, 5.74) is 5.68. The van der Waals surface area contributed by atoms with Crippen LogP contribution in [-0.2, 0) is 4.79 Å². The number of methoxy groups -OCH3 is 1.